The molecule has 22 heavy (non-hydrogen) atoms. The smallest absolute Gasteiger partial charge is 0.288 e. The van der Waals surface area contributed by atoms with Crippen molar-refractivity contribution in [3.63, 3.8) is 0 Å². The molecule has 0 saturated carbocycles. The highest BCUT2D eigenvalue weighted by Gasteiger charge is 2.13. The third-order valence-corrected chi connectivity index (χ3v) is 3.45. The number of benzene rings is 1. The summed E-state index contributed by atoms with van der Waals surface area (Å²) >= 11 is 3.18. The van der Waals surface area contributed by atoms with Crippen molar-refractivity contribution in [3.05, 3.63) is 56.7 Å². The van der Waals surface area contributed by atoms with Crippen molar-refractivity contribution in [2.24, 2.45) is 5.92 Å². The first-order chi connectivity index (χ1) is 10.4. The van der Waals surface area contributed by atoms with Crippen molar-refractivity contribution in [2.45, 2.75) is 13.8 Å². The lowest BCUT2D eigenvalue weighted by Gasteiger charge is -2.08. The lowest BCUT2D eigenvalue weighted by molar-refractivity contribution is -0.385. The fraction of sp³-hybridized carbons (Fsp3) is 0.200. The number of carbonyl (C=O) groups excluding carboxylic acids is 1. The molecule has 1 heterocycles. The molecule has 0 aliphatic heterocycles. The van der Waals surface area contributed by atoms with Crippen LogP contribution in [0.25, 0.3) is 0 Å². The van der Waals surface area contributed by atoms with Crippen LogP contribution in [0.5, 0.6) is 11.6 Å². The van der Waals surface area contributed by atoms with Crippen LogP contribution < -0.4 is 4.74 Å². The zero-order chi connectivity index (χ0) is 16.3. The van der Waals surface area contributed by atoms with Gasteiger partial charge in [-0.2, -0.15) is 0 Å². The molecule has 0 fully saturated rings. The summed E-state index contributed by atoms with van der Waals surface area (Å²) in [6.07, 6.45) is 1.12. The van der Waals surface area contributed by atoms with Gasteiger partial charge in [0.25, 0.3) is 5.69 Å². The molecule has 0 amide bonds. The third-order valence-electron chi connectivity index (χ3n) is 2.88. The number of carbonyl (C=O) groups is 1. The van der Waals surface area contributed by atoms with Gasteiger partial charge in [0.05, 0.1) is 9.40 Å². The van der Waals surface area contributed by atoms with Crippen LogP contribution in [-0.2, 0) is 0 Å². The molecule has 0 aliphatic rings. The number of hydrogen-bond acceptors (Lipinski definition) is 5. The Morgan fingerprint density at radius 3 is 2.45 bits per heavy atom. The first-order valence-electron chi connectivity index (χ1n) is 6.50. The fourth-order valence-electron chi connectivity index (χ4n) is 1.72. The molecule has 114 valence electrons. The van der Waals surface area contributed by atoms with Crippen molar-refractivity contribution in [2.75, 3.05) is 0 Å². The van der Waals surface area contributed by atoms with Crippen LogP contribution in [0.15, 0.2) is 41.0 Å². The van der Waals surface area contributed by atoms with E-state index in [1.54, 1.807) is 24.3 Å². The first kappa shape index (κ1) is 16.1. The van der Waals surface area contributed by atoms with Gasteiger partial charge in [0, 0.05) is 17.5 Å². The Morgan fingerprint density at radius 1 is 1.32 bits per heavy atom. The Bertz CT molecular complexity index is 714. The van der Waals surface area contributed by atoms with E-state index >= 15 is 0 Å². The summed E-state index contributed by atoms with van der Waals surface area (Å²) in [5.74, 6) is 0.689. The lowest BCUT2D eigenvalue weighted by Crippen LogP contribution is -2.06. The van der Waals surface area contributed by atoms with E-state index in [1.807, 2.05) is 13.8 Å². The lowest BCUT2D eigenvalue weighted by atomic mass is 10.0. The number of pyridine rings is 1. The predicted molar refractivity (Wildman–Crippen MR) is 84.3 cm³/mol. The Labute approximate surface area is 135 Å². The summed E-state index contributed by atoms with van der Waals surface area (Å²) in [5.41, 5.74) is 0.482. The molecule has 2 aromatic rings. The zero-order valence-electron chi connectivity index (χ0n) is 11.9. The van der Waals surface area contributed by atoms with E-state index < -0.39 is 4.92 Å². The Balaban J connectivity index is 2.18. The van der Waals surface area contributed by atoms with Crippen molar-refractivity contribution >= 4 is 27.4 Å². The van der Waals surface area contributed by atoms with E-state index in [9.17, 15) is 14.9 Å². The fourth-order valence-corrected chi connectivity index (χ4v) is 2.14. The standard InChI is InChI=1S/C15H13BrN2O4/c1-9(2)14(19)10-3-5-12(6-4-10)22-15-13(16)7-11(8-17-15)18(20)21/h3-9H,1-2H3. The van der Waals surface area contributed by atoms with Crippen LogP contribution in [-0.4, -0.2) is 15.7 Å². The summed E-state index contributed by atoms with van der Waals surface area (Å²) < 4.78 is 5.93. The van der Waals surface area contributed by atoms with Crippen molar-refractivity contribution < 1.29 is 14.5 Å². The van der Waals surface area contributed by atoms with Gasteiger partial charge in [0.1, 0.15) is 11.9 Å². The van der Waals surface area contributed by atoms with Gasteiger partial charge in [-0.3, -0.25) is 14.9 Å². The number of halogens is 1. The highest BCUT2D eigenvalue weighted by atomic mass is 79.9. The van der Waals surface area contributed by atoms with Crippen molar-refractivity contribution in [3.8, 4) is 11.6 Å². The van der Waals surface area contributed by atoms with E-state index in [4.69, 9.17) is 4.74 Å². The van der Waals surface area contributed by atoms with Crippen LogP contribution in [0.1, 0.15) is 24.2 Å². The molecule has 0 atom stereocenters. The van der Waals surface area contributed by atoms with Gasteiger partial charge in [-0.05, 0) is 40.2 Å². The predicted octanol–water partition coefficient (Wildman–Crippen LogP) is 4.38. The maximum Gasteiger partial charge on any atom is 0.288 e. The van der Waals surface area contributed by atoms with Crippen molar-refractivity contribution in [1.29, 1.82) is 0 Å². The van der Waals surface area contributed by atoms with E-state index in [1.165, 1.54) is 6.07 Å². The third kappa shape index (κ3) is 3.67. The maximum atomic E-state index is 11.8. The number of ether oxygens (including phenoxy) is 1. The highest BCUT2D eigenvalue weighted by Crippen LogP contribution is 2.30. The van der Waals surface area contributed by atoms with Crippen LogP contribution in [0.2, 0.25) is 0 Å². The summed E-state index contributed by atoms with van der Waals surface area (Å²) in [6.45, 7) is 3.68. The molecular formula is C15H13BrN2O4. The number of ketones is 1. The van der Waals surface area contributed by atoms with Crippen LogP contribution >= 0.6 is 15.9 Å². The minimum absolute atomic E-state index is 0.0567. The summed E-state index contributed by atoms with van der Waals surface area (Å²) in [7, 11) is 0. The van der Waals surface area contributed by atoms with Crippen molar-refractivity contribution in [1.82, 2.24) is 4.98 Å². The molecule has 1 aromatic carbocycles. The van der Waals surface area contributed by atoms with Gasteiger partial charge in [0.2, 0.25) is 5.88 Å². The molecule has 2 rings (SSSR count). The molecule has 0 radical (unpaired) electrons. The second kappa shape index (κ2) is 6.65. The van der Waals surface area contributed by atoms with E-state index in [2.05, 4.69) is 20.9 Å². The molecule has 0 aliphatic carbocycles. The number of nitrogens with zero attached hydrogens (tertiary/aromatic N) is 2. The van der Waals surface area contributed by atoms with E-state index in [0.717, 1.165) is 6.20 Å². The molecule has 1 aromatic heterocycles. The molecule has 0 spiro atoms. The van der Waals surface area contributed by atoms with E-state index in [-0.39, 0.29) is 23.3 Å². The molecule has 0 unspecified atom stereocenters. The van der Waals surface area contributed by atoms with Gasteiger partial charge < -0.3 is 4.74 Å². The van der Waals surface area contributed by atoms with Crippen LogP contribution in [0, 0.1) is 16.0 Å². The molecular weight excluding hydrogens is 352 g/mol. The van der Waals surface area contributed by atoms with Crippen LogP contribution in [0.4, 0.5) is 5.69 Å². The number of aromatic nitrogens is 1. The van der Waals surface area contributed by atoms with Crippen LogP contribution in [0.3, 0.4) is 0 Å². The normalized spacial score (nSPS) is 10.5. The molecule has 7 heteroatoms. The summed E-state index contributed by atoms with van der Waals surface area (Å²) in [5, 5.41) is 10.7. The van der Waals surface area contributed by atoms with Gasteiger partial charge >= 0.3 is 0 Å². The molecule has 0 saturated heterocycles. The van der Waals surface area contributed by atoms with Gasteiger partial charge in [0.15, 0.2) is 5.78 Å². The number of Topliss-reactive ketones (excluding diaryl/α,β-unsaturated/α-hetero) is 1. The minimum atomic E-state index is -0.534. The Hall–Kier alpha value is -2.28. The average molecular weight is 365 g/mol. The summed E-state index contributed by atoms with van der Waals surface area (Å²) in [6, 6.07) is 7.99. The van der Waals surface area contributed by atoms with Gasteiger partial charge in [-0.15, -0.1) is 0 Å². The second-order valence-electron chi connectivity index (χ2n) is 4.88. The number of rotatable bonds is 5. The zero-order valence-corrected chi connectivity index (χ0v) is 13.5. The first-order valence-corrected chi connectivity index (χ1v) is 7.30. The van der Waals surface area contributed by atoms with E-state index in [0.29, 0.717) is 15.8 Å². The summed E-state index contributed by atoms with van der Waals surface area (Å²) in [4.78, 5) is 25.9. The van der Waals surface area contributed by atoms with Gasteiger partial charge in [-0.1, -0.05) is 13.8 Å². The largest absolute Gasteiger partial charge is 0.438 e. The quantitative estimate of drug-likeness (QED) is 0.446. The number of hydrogen-bond donors (Lipinski definition) is 0. The Morgan fingerprint density at radius 2 is 1.95 bits per heavy atom. The number of nitro groups is 1. The molecule has 6 nitrogen and oxygen atoms in total. The monoisotopic (exact) mass is 364 g/mol. The van der Waals surface area contributed by atoms with Gasteiger partial charge in [-0.25, -0.2) is 4.98 Å². The molecule has 0 N–H and O–H groups in total. The highest BCUT2D eigenvalue weighted by molar-refractivity contribution is 9.10. The second-order valence-corrected chi connectivity index (χ2v) is 5.74. The molecule has 0 bridgehead atoms. The Kier molecular flexibility index (Phi) is 4.87. The average Bonchev–Trinajstić information content (AvgIpc) is 2.49. The SMILES string of the molecule is CC(C)C(=O)c1ccc(Oc2ncc([N+](=O)[O-])cc2Br)cc1. The minimum Gasteiger partial charge on any atom is -0.438 e. The maximum absolute atomic E-state index is 11.8. The topological polar surface area (TPSA) is 82.3 Å².